The summed E-state index contributed by atoms with van der Waals surface area (Å²) in [5, 5.41) is 19.2. The molecule has 0 aliphatic heterocycles. The van der Waals surface area contributed by atoms with E-state index in [0.717, 1.165) is 118 Å². The molecule has 648 valence electrons. The Bertz CT molecular complexity index is 9160. The Morgan fingerprint density at radius 2 is 0.406 bits per heavy atom. The summed E-state index contributed by atoms with van der Waals surface area (Å²) in [6, 6.07) is 172. The van der Waals surface area contributed by atoms with E-state index >= 15 is 0 Å². The Morgan fingerprint density at radius 1 is 0.152 bits per heavy atom. The lowest BCUT2D eigenvalue weighted by molar-refractivity contribution is 0.660. The number of rotatable bonds is 15. The van der Waals surface area contributed by atoms with Gasteiger partial charge in [0, 0.05) is 112 Å². The molecule has 0 amide bonds. The zero-order valence-corrected chi connectivity index (χ0v) is 75.6. The summed E-state index contributed by atoms with van der Waals surface area (Å²) in [6.07, 6.45) is 0. The summed E-state index contributed by atoms with van der Waals surface area (Å²) < 4.78 is 26.0. The molecule has 4 aromatic heterocycles. The third-order valence-electron chi connectivity index (χ3n) is 28.6. The van der Waals surface area contributed by atoms with Crippen molar-refractivity contribution in [3.05, 3.63) is 490 Å². The van der Waals surface area contributed by atoms with E-state index in [1.165, 1.54) is 153 Å². The van der Waals surface area contributed by atoms with Crippen molar-refractivity contribution in [3.8, 4) is 77.9 Å². The predicted octanol–water partition coefficient (Wildman–Crippen LogP) is 37.7. The summed E-state index contributed by atoms with van der Waals surface area (Å²) in [5.74, 6) is 0. The van der Waals surface area contributed by atoms with Crippen molar-refractivity contribution in [2.75, 3.05) is 14.7 Å². The Morgan fingerprint density at radius 3 is 0.768 bits per heavy atom. The van der Waals surface area contributed by atoms with Gasteiger partial charge in [0.15, 0.2) is 0 Å². The molecule has 138 heavy (non-hydrogen) atoms. The van der Waals surface area contributed by atoms with Gasteiger partial charge in [0.2, 0.25) is 0 Å². The second-order valence-electron chi connectivity index (χ2n) is 36.9. The van der Waals surface area contributed by atoms with Crippen LogP contribution in [0.3, 0.4) is 0 Å². The minimum atomic E-state index is -0.0847. The van der Waals surface area contributed by atoms with Gasteiger partial charge in [-0.05, 0) is 254 Å². The van der Waals surface area contributed by atoms with Crippen LogP contribution in [-0.4, -0.2) is 0 Å². The summed E-state index contributed by atoms with van der Waals surface area (Å²) in [4.78, 5) is 7.02. The standard InChI is InChI=1S/C52H31NO2.C41H29NO.C38H25NO/c1-2-6-32(7-3-1)33-16-24-40(25-17-33)53(41-26-18-34(19-27-41)43-30-22-38-14-12-36-8-4-10-45-47(36)49(38)51(43)54-45)42-28-20-35(21-29-42)44-31-23-39-15-13-37-9-5-11-46-48(37)50(39)52(44)55-46;1-41(2)35-13-7-6-12-33(35)34-22-21-31(24-36(34)41)42(30-19-17-27(18-20-30)26-9-4-3-5-10-26)32-23-29-16-15-28-11-8-14-37-39(28)40(29)38(25-32)43-37;1-3-8-26(9-4-1)28-16-20-32(21-17-28)39(33-22-18-29(19-23-33)27-10-5-2-6-11-27)34-24-31-15-14-30-12-7-13-35-37(30)38(31)36(25-34)40-35/h1-31H;3-25H,1-2H3;1-25H. The number of hydrogen-bond acceptors (Lipinski definition) is 7. The maximum Gasteiger partial charge on any atom is 0.143 e. The highest BCUT2D eigenvalue weighted by Gasteiger charge is 2.36. The number of nitrogens with zero attached hydrogens (tertiary/aromatic N) is 3. The quantitative estimate of drug-likeness (QED) is 0.0948. The van der Waals surface area contributed by atoms with Gasteiger partial charge in [-0.3, -0.25) is 0 Å². The molecule has 29 rings (SSSR count). The van der Waals surface area contributed by atoms with E-state index in [4.69, 9.17) is 17.7 Å². The molecule has 28 aromatic rings. The van der Waals surface area contributed by atoms with E-state index in [-0.39, 0.29) is 5.41 Å². The molecule has 0 spiro atoms. The van der Waals surface area contributed by atoms with Crippen LogP contribution in [0.2, 0.25) is 0 Å². The van der Waals surface area contributed by atoms with Crippen LogP contribution in [0.4, 0.5) is 51.2 Å². The number of anilines is 9. The minimum Gasteiger partial charge on any atom is -0.456 e. The maximum atomic E-state index is 6.55. The first kappa shape index (κ1) is 79.7. The van der Waals surface area contributed by atoms with Gasteiger partial charge in [0.05, 0.1) is 11.4 Å². The summed E-state index contributed by atoms with van der Waals surface area (Å²) >= 11 is 0. The summed E-state index contributed by atoms with van der Waals surface area (Å²) in [6.45, 7) is 4.68. The molecule has 4 heterocycles. The molecule has 7 nitrogen and oxygen atoms in total. The van der Waals surface area contributed by atoms with Gasteiger partial charge >= 0.3 is 0 Å². The Labute approximate surface area is 796 Å². The lowest BCUT2D eigenvalue weighted by atomic mass is 9.82. The molecule has 0 bridgehead atoms. The van der Waals surface area contributed by atoms with Gasteiger partial charge in [-0.25, -0.2) is 0 Å². The van der Waals surface area contributed by atoms with Crippen LogP contribution in [0.25, 0.3) is 209 Å². The fraction of sp³-hybridized carbons (Fsp3) is 0.0229. The molecular weight excluding hydrogens is 1680 g/mol. The van der Waals surface area contributed by atoms with Crippen molar-refractivity contribution in [1.82, 2.24) is 0 Å². The summed E-state index contributed by atoms with van der Waals surface area (Å²) in [7, 11) is 0. The van der Waals surface area contributed by atoms with Crippen LogP contribution >= 0.6 is 0 Å². The van der Waals surface area contributed by atoms with Crippen molar-refractivity contribution >= 4 is 182 Å². The first-order valence-electron chi connectivity index (χ1n) is 47.3. The molecule has 0 N–H and O–H groups in total. The molecule has 0 saturated carbocycles. The molecule has 0 atom stereocenters. The highest BCUT2D eigenvalue weighted by atomic mass is 16.3. The normalized spacial score (nSPS) is 12.3. The van der Waals surface area contributed by atoms with Crippen LogP contribution in [0.15, 0.2) is 497 Å². The molecule has 0 radical (unpaired) electrons. The summed E-state index contributed by atoms with van der Waals surface area (Å²) in [5.41, 5.74) is 36.5. The Hall–Kier alpha value is -18.0. The molecular formula is C131H85N3O4. The third-order valence-corrected chi connectivity index (χ3v) is 28.6. The van der Waals surface area contributed by atoms with Crippen molar-refractivity contribution in [3.63, 3.8) is 0 Å². The molecule has 1 aliphatic rings. The molecule has 0 fully saturated rings. The molecule has 1 aliphatic carbocycles. The van der Waals surface area contributed by atoms with Crippen LogP contribution in [0, 0.1) is 0 Å². The average Bonchev–Trinajstić information content (AvgIpc) is 1.62. The lowest BCUT2D eigenvalue weighted by Gasteiger charge is -2.28. The molecule has 0 unspecified atom stereocenters. The number of benzene rings is 24. The maximum absolute atomic E-state index is 6.55. The number of fused-ring (bicyclic) bond motifs is 3. The largest absolute Gasteiger partial charge is 0.456 e. The first-order valence-corrected chi connectivity index (χ1v) is 47.3. The van der Waals surface area contributed by atoms with E-state index in [0.29, 0.717) is 0 Å². The van der Waals surface area contributed by atoms with Gasteiger partial charge in [-0.15, -0.1) is 0 Å². The molecule has 0 saturated heterocycles. The predicted molar refractivity (Wildman–Crippen MR) is 577 cm³/mol. The Kier molecular flexibility index (Phi) is 18.6. The Balaban J connectivity index is 0.000000106. The van der Waals surface area contributed by atoms with Gasteiger partial charge in [-0.1, -0.05) is 347 Å². The second-order valence-corrected chi connectivity index (χ2v) is 36.9. The number of hydrogen-bond donors (Lipinski definition) is 0. The first-order chi connectivity index (χ1) is 68.1. The van der Waals surface area contributed by atoms with Gasteiger partial charge < -0.3 is 32.4 Å². The second kappa shape index (κ2) is 32.1. The third kappa shape index (κ3) is 13.3. The van der Waals surface area contributed by atoms with Crippen molar-refractivity contribution in [2.24, 2.45) is 0 Å². The average molecular weight is 1770 g/mol. The fourth-order valence-corrected chi connectivity index (χ4v) is 21.9. The minimum absolute atomic E-state index is 0.0847. The zero-order valence-electron chi connectivity index (χ0n) is 75.6. The van der Waals surface area contributed by atoms with E-state index in [1.807, 2.05) is 0 Å². The molecule has 7 heteroatoms. The highest BCUT2D eigenvalue weighted by Crippen LogP contribution is 2.54. The van der Waals surface area contributed by atoms with Crippen molar-refractivity contribution in [1.29, 1.82) is 0 Å². The van der Waals surface area contributed by atoms with Crippen molar-refractivity contribution in [2.45, 2.75) is 19.3 Å². The highest BCUT2D eigenvalue weighted by molar-refractivity contribution is 6.27. The lowest BCUT2D eigenvalue weighted by Crippen LogP contribution is -2.16. The fourth-order valence-electron chi connectivity index (χ4n) is 21.9. The van der Waals surface area contributed by atoms with Crippen LogP contribution in [-0.2, 0) is 5.41 Å². The SMILES string of the molecule is CC1(C)c2ccccc2-c2ccc(N(c3ccc(-c4ccccc4)cc3)c3cc4ccc5cccc6oc(c3)c4c56)cc21.c1ccc(-c2ccc(N(c3ccc(-c4ccc5ccc6cccc7oc4c5c67)cc3)c3ccc(-c4ccc5ccc6cccc7oc4c5c67)cc3)cc2)cc1.c1ccc(-c2ccc(N(c3ccc(-c4ccccc4)cc3)c3cc4ccc5cccc6oc(c3)c4c56)cc2)cc1. The topological polar surface area (TPSA) is 62.3 Å². The van der Waals surface area contributed by atoms with Crippen LogP contribution in [0.5, 0.6) is 0 Å². The smallest absolute Gasteiger partial charge is 0.143 e. The molecule has 24 aromatic carbocycles. The van der Waals surface area contributed by atoms with E-state index in [9.17, 15) is 0 Å². The van der Waals surface area contributed by atoms with Crippen LogP contribution < -0.4 is 14.7 Å². The van der Waals surface area contributed by atoms with Crippen LogP contribution in [0.1, 0.15) is 25.0 Å². The number of furan rings is 4. The van der Waals surface area contributed by atoms with E-state index < -0.39 is 0 Å². The zero-order chi connectivity index (χ0) is 91.2. The van der Waals surface area contributed by atoms with E-state index in [2.05, 4.69) is 508 Å². The van der Waals surface area contributed by atoms with Crippen molar-refractivity contribution < 1.29 is 17.7 Å². The van der Waals surface area contributed by atoms with E-state index in [1.54, 1.807) is 0 Å². The van der Waals surface area contributed by atoms with Gasteiger partial charge in [0.1, 0.15) is 44.7 Å². The monoisotopic (exact) mass is 1760 g/mol. The van der Waals surface area contributed by atoms with Gasteiger partial charge in [0.25, 0.3) is 0 Å². The van der Waals surface area contributed by atoms with Gasteiger partial charge in [-0.2, -0.15) is 0 Å².